The zero-order chi connectivity index (χ0) is 22.1. The fourth-order valence-electron chi connectivity index (χ4n) is 3.03. The van der Waals surface area contributed by atoms with Gasteiger partial charge in [-0.2, -0.15) is 5.10 Å². The maximum absolute atomic E-state index is 12.7. The van der Waals surface area contributed by atoms with Gasteiger partial charge in [-0.3, -0.25) is 9.71 Å². The number of hydrogen-bond donors (Lipinski definition) is 3. The van der Waals surface area contributed by atoms with E-state index in [0.717, 1.165) is 0 Å². The number of oxazole rings is 1. The van der Waals surface area contributed by atoms with E-state index in [9.17, 15) is 13.2 Å². The van der Waals surface area contributed by atoms with Crippen molar-refractivity contribution in [1.29, 1.82) is 0 Å². The molecule has 0 aliphatic carbocycles. The standard InChI is InChI=1S/C20H15N7O4S/c28-20-25-16-10-15(6-7-17(16)31-20)32(29,30)26-14-4-2-13(3-5-14)24-18-11-19(22-12-21-18)27-9-1-8-23-27/h1-12,26H,(H,25,28)(H,21,22,24). The molecule has 0 fully saturated rings. The van der Waals surface area contributed by atoms with Crippen LogP contribution in [0.2, 0.25) is 0 Å². The number of benzene rings is 2. The number of sulfonamides is 1. The summed E-state index contributed by atoms with van der Waals surface area (Å²) >= 11 is 0. The van der Waals surface area contributed by atoms with Crippen molar-refractivity contribution >= 4 is 38.3 Å². The van der Waals surface area contributed by atoms with Gasteiger partial charge in [-0.25, -0.2) is 27.9 Å². The molecular formula is C20H15N7O4S. The first-order chi connectivity index (χ1) is 15.5. The molecule has 0 saturated heterocycles. The highest BCUT2D eigenvalue weighted by atomic mass is 32.2. The maximum Gasteiger partial charge on any atom is 0.417 e. The SMILES string of the molecule is O=c1[nH]c2cc(S(=O)(=O)Nc3ccc(Nc4cc(-n5cccn5)ncn4)cc3)ccc2o1. The van der Waals surface area contributed by atoms with Crippen molar-refractivity contribution < 1.29 is 12.8 Å². The molecule has 32 heavy (non-hydrogen) atoms. The van der Waals surface area contributed by atoms with Crippen molar-refractivity contribution in [3.63, 3.8) is 0 Å². The highest BCUT2D eigenvalue weighted by Gasteiger charge is 2.16. The van der Waals surface area contributed by atoms with Crippen LogP contribution in [-0.4, -0.2) is 33.2 Å². The first-order valence-corrected chi connectivity index (χ1v) is 10.8. The number of aromatic nitrogens is 5. The second kappa shape index (κ2) is 7.67. The Morgan fingerprint density at radius 2 is 1.81 bits per heavy atom. The van der Waals surface area contributed by atoms with E-state index in [1.165, 1.54) is 24.5 Å². The minimum Gasteiger partial charge on any atom is -0.408 e. The van der Waals surface area contributed by atoms with Gasteiger partial charge >= 0.3 is 5.76 Å². The van der Waals surface area contributed by atoms with Gasteiger partial charge in [0, 0.05) is 29.8 Å². The summed E-state index contributed by atoms with van der Waals surface area (Å²) in [4.78, 5) is 22.1. The van der Waals surface area contributed by atoms with Crippen molar-refractivity contribution in [2.45, 2.75) is 4.90 Å². The summed E-state index contributed by atoms with van der Waals surface area (Å²) in [7, 11) is -3.86. The van der Waals surface area contributed by atoms with Crippen LogP contribution >= 0.6 is 0 Å². The Morgan fingerprint density at radius 1 is 1.00 bits per heavy atom. The molecule has 0 saturated carbocycles. The van der Waals surface area contributed by atoms with Gasteiger partial charge in [0.1, 0.15) is 12.1 Å². The van der Waals surface area contributed by atoms with Crippen LogP contribution < -0.4 is 15.8 Å². The Balaban J connectivity index is 1.32. The normalized spacial score (nSPS) is 11.5. The van der Waals surface area contributed by atoms with Crippen LogP contribution in [-0.2, 0) is 10.0 Å². The fourth-order valence-corrected chi connectivity index (χ4v) is 4.11. The number of anilines is 3. The number of rotatable bonds is 6. The van der Waals surface area contributed by atoms with Crippen molar-refractivity contribution in [2.75, 3.05) is 10.0 Å². The minimum absolute atomic E-state index is 0.00334. The van der Waals surface area contributed by atoms with E-state index in [1.807, 2.05) is 0 Å². The number of fused-ring (bicyclic) bond motifs is 1. The molecule has 12 heteroatoms. The Morgan fingerprint density at radius 3 is 2.59 bits per heavy atom. The number of nitrogens with one attached hydrogen (secondary N) is 3. The first kappa shape index (κ1) is 19.5. The summed E-state index contributed by atoms with van der Waals surface area (Å²) in [5.41, 5.74) is 1.66. The molecule has 0 bridgehead atoms. The molecule has 0 aliphatic heterocycles. The Kier molecular flexibility index (Phi) is 4.67. The summed E-state index contributed by atoms with van der Waals surface area (Å²) in [6, 6.07) is 14.3. The van der Waals surface area contributed by atoms with Gasteiger partial charge in [0.2, 0.25) is 0 Å². The van der Waals surface area contributed by atoms with Crippen LogP contribution in [0.4, 0.5) is 17.2 Å². The summed E-state index contributed by atoms with van der Waals surface area (Å²) in [5, 5.41) is 7.27. The Labute approximate surface area is 180 Å². The average molecular weight is 449 g/mol. The number of nitrogens with zero attached hydrogens (tertiary/aromatic N) is 4. The molecule has 0 spiro atoms. The second-order valence-electron chi connectivity index (χ2n) is 6.69. The molecule has 0 atom stereocenters. The van der Waals surface area contributed by atoms with Gasteiger partial charge in [-0.15, -0.1) is 0 Å². The molecule has 160 valence electrons. The summed E-state index contributed by atoms with van der Waals surface area (Å²) in [6.45, 7) is 0. The van der Waals surface area contributed by atoms with Crippen LogP contribution in [0.3, 0.4) is 0 Å². The third-order valence-corrected chi connectivity index (χ3v) is 5.88. The lowest BCUT2D eigenvalue weighted by atomic mass is 10.3. The largest absolute Gasteiger partial charge is 0.417 e. The number of H-pyrrole nitrogens is 1. The van der Waals surface area contributed by atoms with Crippen molar-refractivity contribution in [3.05, 3.63) is 83.9 Å². The lowest BCUT2D eigenvalue weighted by Gasteiger charge is -2.10. The molecular weight excluding hydrogens is 434 g/mol. The molecule has 3 heterocycles. The molecule has 0 unspecified atom stereocenters. The van der Waals surface area contributed by atoms with E-state index in [4.69, 9.17) is 4.42 Å². The quantitative estimate of drug-likeness (QED) is 0.358. The third kappa shape index (κ3) is 3.94. The second-order valence-corrected chi connectivity index (χ2v) is 8.37. The van der Waals surface area contributed by atoms with Crippen molar-refractivity contribution in [1.82, 2.24) is 24.7 Å². The van der Waals surface area contributed by atoms with E-state index in [0.29, 0.717) is 28.5 Å². The van der Waals surface area contributed by atoms with Gasteiger partial charge in [-0.1, -0.05) is 0 Å². The molecule has 0 amide bonds. The molecule has 3 aromatic heterocycles. The number of aromatic amines is 1. The Bertz CT molecular complexity index is 1560. The predicted molar refractivity (Wildman–Crippen MR) is 117 cm³/mol. The van der Waals surface area contributed by atoms with Gasteiger partial charge in [0.25, 0.3) is 10.0 Å². The fraction of sp³-hybridized carbons (Fsp3) is 0. The molecule has 0 aliphatic rings. The van der Waals surface area contributed by atoms with E-state index in [-0.39, 0.29) is 10.5 Å². The Hall–Kier alpha value is -4.45. The third-order valence-electron chi connectivity index (χ3n) is 4.50. The van der Waals surface area contributed by atoms with Gasteiger partial charge in [0.05, 0.1) is 10.4 Å². The van der Waals surface area contributed by atoms with E-state index >= 15 is 0 Å². The van der Waals surface area contributed by atoms with E-state index in [1.54, 1.807) is 53.5 Å². The maximum atomic E-state index is 12.7. The molecule has 3 N–H and O–H groups in total. The highest BCUT2D eigenvalue weighted by Crippen LogP contribution is 2.22. The predicted octanol–water partition coefficient (Wildman–Crippen LogP) is 2.64. The van der Waals surface area contributed by atoms with Crippen molar-refractivity contribution in [2.24, 2.45) is 0 Å². The summed E-state index contributed by atoms with van der Waals surface area (Å²) < 4.78 is 34.4. The first-order valence-electron chi connectivity index (χ1n) is 9.31. The lowest BCUT2D eigenvalue weighted by molar-refractivity contribution is 0.555. The average Bonchev–Trinajstić information content (AvgIpc) is 3.43. The van der Waals surface area contributed by atoms with Gasteiger partial charge in [0.15, 0.2) is 11.4 Å². The van der Waals surface area contributed by atoms with Gasteiger partial charge in [-0.05, 0) is 48.5 Å². The highest BCUT2D eigenvalue weighted by molar-refractivity contribution is 7.92. The van der Waals surface area contributed by atoms with E-state index in [2.05, 4.69) is 30.1 Å². The number of hydrogen-bond acceptors (Lipinski definition) is 8. The van der Waals surface area contributed by atoms with Crippen LogP contribution in [0.15, 0.2) is 87.4 Å². The van der Waals surface area contributed by atoms with Crippen LogP contribution in [0.5, 0.6) is 0 Å². The molecule has 5 rings (SSSR count). The zero-order valence-corrected chi connectivity index (χ0v) is 17.1. The van der Waals surface area contributed by atoms with Crippen molar-refractivity contribution in [3.8, 4) is 5.82 Å². The topological polar surface area (TPSA) is 148 Å². The minimum atomic E-state index is -3.86. The lowest BCUT2D eigenvalue weighted by Crippen LogP contribution is -2.12. The molecule has 0 radical (unpaired) electrons. The zero-order valence-electron chi connectivity index (χ0n) is 16.3. The monoisotopic (exact) mass is 449 g/mol. The summed E-state index contributed by atoms with van der Waals surface area (Å²) in [5.74, 6) is 0.514. The van der Waals surface area contributed by atoms with Crippen LogP contribution in [0.25, 0.3) is 16.9 Å². The molecule has 2 aromatic carbocycles. The van der Waals surface area contributed by atoms with Crippen LogP contribution in [0.1, 0.15) is 0 Å². The smallest absolute Gasteiger partial charge is 0.408 e. The van der Waals surface area contributed by atoms with Gasteiger partial charge < -0.3 is 9.73 Å². The molecule has 5 aromatic rings. The van der Waals surface area contributed by atoms with Crippen LogP contribution in [0, 0.1) is 0 Å². The summed E-state index contributed by atoms with van der Waals surface area (Å²) in [6.07, 6.45) is 4.85. The molecule has 11 nitrogen and oxygen atoms in total. The van der Waals surface area contributed by atoms with E-state index < -0.39 is 15.8 Å².